The summed E-state index contributed by atoms with van der Waals surface area (Å²) in [6, 6.07) is 10.2. The molecule has 0 fully saturated rings. The van der Waals surface area contributed by atoms with E-state index in [1.807, 2.05) is 24.3 Å². The number of hydrogen-bond donors (Lipinski definition) is 0. The first-order valence-corrected chi connectivity index (χ1v) is 9.83. The van der Waals surface area contributed by atoms with E-state index in [-0.39, 0.29) is 6.10 Å². The quantitative estimate of drug-likeness (QED) is 0.333. The first-order chi connectivity index (χ1) is 8.53. The van der Waals surface area contributed by atoms with Crippen molar-refractivity contribution >= 4 is 8.07 Å². The van der Waals surface area contributed by atoms with Gasteiger partial charge in [0.2, 0.25) is 0 Å². The Morgan fingerprint density at radius 1 is 1.28 bits per heavy atom. The molecule has 0 aliphatic carbocycles. The van der Waals surface area contributed by atoms with E-state index >= 15 is 0 Å². The van der Waals surface area contributed by atoms with Crippen LogP contribution in [0.3, 0.4) is 0 Å². The molecule has 1 rings (SSSR count). The molecular formula is C16H22OSi. The van der Waals surface area contributed by atoms with Crippen LogP contribution in [0.5, 0.6) is 0 Å². The minimum atomic E-state index is -1.36. The molecule has 0 saturated heterocycles. The fourth-order valence-corrected chi connectivity index (χ4v) is 1.96. The van der Waals surface area contributed by atoms with Crippen molar-refractivity contribution in [2.45, 2.75) is 32.2 Å². The zero-order valence-electron chi connectivity index (χ0n) is 11.6. The zero-order valence-corrected chi connectivity index (χ0v) is 12.6. The van der Waals surface area contributed by atoms with Gasteiger partial charge in [-0.15, -0.1) is 12.1 Å². The molecule has 0 saturated carbocycles. The first kappa shape index (κ1) is 14.8. The Hall–Kier alpha value is -1.30. The van der Waals surface area contributed by atoms with Gasteiger partial charge in [0.25, 0.3) is 0 Å². The van der Waals surface area contributed by atoms with Gasteiger partial charge in [0.05, 0.1) is 6.61 Å². The standard InChI is InChI=1S/C16H22OSi/c1-5-6-13-17-16(12-14-18(2,3)4)15-10-8-7-9-11-15/h5,7-11,16H,1,6,13H2,2-4H3. The molecule has 0 amide bonds. The lowest BCUT2D eigenvalue weighted by Gasteiger charge is -2.13. The lowest BCUT2D eigenvalue weighted by atomic mass is 10.1. The fourth-order valence-electron chi connectivity index (χ4n) is 1.40. The Balaban J connectivity index is 2.81. The van der Waals surface area contributed by atoms with Crippen molar-refractivity contribution in [3.8, 4) is 11.5 Å². The number of hydrogen-bond acceptors (Lipinski definition) is 1. The third kappa shape index (κ3) is 5.86. The van der Waals surface area contributed by atoms with E-state index in [1.165, 1.54) is 0 Å². The summed E-state index contributed by atoms with van der Waals surface area (Å²) in [6.07, 6.45) is 2.62. The monoisotopic (exact) mass is 258 g/mol. The van der Waals surface area contributed by atoms with E-state index < -0.39 is 8.07 Å². The Bertz CT molecular complexity index is 420. The van der Waals surface area contributed by atoms with E-state index in [1.54, 1.807) is 0 Å². The van der Waals surface area contributed by atoms with Crippen LogP contribution in [-0.2, 0) is 4.74 Å². The highest BCUT2D eigenvalue weighted by molar-refractivity contribution is 6.83. The molecule has 2 heteroatoms. The van der Waals surface area contributed by atoms with Crippen LogP contribution in [0.2, 0.25) is 19.6 Å². The van der Waals surface area contributed by atoms with Gasteiger partial charge in [0, 0.05) is 0 Å². The summed E-state index contributed by atoms with van der Waals surface area (Å²) in [5.41, 5.74) is 4.52. The lowest BCUT2D eigenvalue weighted by Crippen LogP contribution is -2.17. The van der Waals surface area contributed by atoms with Crippen LogP contribution in [-0.4, -0.2) is 14.7 Å². The van der Waals surface area contributed by atoms with Crippen molar-refractivity contribution in [3.05, 3.63) is 48.6 Å². The van der Waals surface area contributed by atoms with Crippen molar-refractivity contribution in [1.82, 2.24) is 0 Å². The molecule has 0 N–H and O–H groups in total. The van der Waals surface area contributed by atoms with E-state index in [2.05, 4.69) is 49.8 Å². The SMILES string of the molecule is C=CCCOC(C#C[Si](C)(C)C)c1ccccc1. The molecule has 0 heterocycles. The second kappa shape index (κ2) is 7.20. The molecule has 0 aromatic heterocycles. The van der Waals surface area contributed by atoms with Crippen LogP contribution in [0, 0.1) is 11.5 Å². The predicted octanol–water partition coefficient (Wildman–Crippen LogP) is 4.20. The second-order valence-electron chi connectivity index (χ2n) is 5.26. The maximum absolute atomic E-state index is 5.84. The maximum Gasteiger partial charge on any atom is 0.142 e. The summed E-state index contributed by atoms with van der Waals surface area (Å²) in [5.74, 6) is 3.29. The highest BCUT2D eigenvalue weighted by Crippen LogP contribution is 2.17. The molecule has 1 aromatic carbocycles. The van der Waals surface area contributed by atoms with Gasteiger partial charge in [-0.05, 0) is 12.0 Å². The van der Waals surface area contributed by atoms with Crippen molar-refractivity contribution < 1.29 is 4.74 Å². The van der Waals surface area contributed by atoms with Crippen LogP contribution >= 0.6 is 0 Å². The van der Waals surface area contributed by atoms with E-state index in [9.17, 15) is 0 Å². The molecule has 1 aromatic rings. The minimum Gasteiger partial charge on any atom is -0.361 e. The molecule has 0 radical (unpaired) electrons. The molecule has 1 nitrogen and oxygen atoms in total. The van der Waals surface area contributed by atoms with E-state index in [0.717, 1.165) is 12.0 Å². The van der Waals surface area contributed by atoms with Gasteiger partial charge < -0.3 is 4.74 Å². The molecule has 0 bridgehead atoms. The molecule has 1 unspecified atom stereocenters. The number of rotatable bonds is 5. The van der Waals surface area contributed by atoms with Crippen LogP contribution in [0.25, 0.3) is 0 Å². The third-order valence-electron chi connectivity index (χ3n) is 2.29. The van der Waals surface area contributed by atoms with E-state index in [4.69, 9.17) is 4.74 Å². The summed E-state index contributed by atoms with van der Waals surface area (Å²) in [4.78, 5) is 0. The molecule has 18 heavy (non-hydrogen) atoms. The Morgan fingerprint density at radius 3 is 2.50 bits per heavy atom. The Labute approximate surface area is 112 Å². The average molecular weight is 258 g/mol. The largest absolute Gasteiger partial charge is 0.361 e. The van der Waals surface area contributed by atoms with Crippen molar-refractivity contribution in [2.75, 3.05) is 6.61 Å². The van der Waals surface area contributed by atoms with Gasteiger partial charge in [-0.25, -0.2) is 0 Å². The maximum atomic E-state index is 5.84. The fraction of sp³-hybridized carbons (Fsp3) is 0.375. The molecule has 0 aliphatic rings. The molecular weight excluding hydrogens is 236 g/mol. The van der Waals surface area contributed by atoms with Gasteiger partial charge in [-0.1, -0.05) is 62.0 Å². The summed E-state index contributed by atoms with van der Waals surface area (Å²) in [6.45, 7) is 11.1. The highest BCUT2D eigenvalue weighted by atomic mass is 28.3. The van der Waals surface area contributed by atoms with Gasteiger partial charge in [-0.3, -0.25) is 0 Å². The lowest BCUT2D eigenvalue weighted by molar-refractivity contribution is 0.0957. The number of ether oxygens (including phenoxy) is 1. The molecule has 96 valence electrons. The van der Waals surface area contributed by atoms with Gasteiger partial charge in [-0.2, -0.15) is 0 Å². The van der Waals surface area contributed by atoms with Crippen LogP contribution in [0.4, 0.5) is 0 Å². The van der Waals surface area contributed by atoms with Gasteiger partial charge >= 0.3 is 0 Å². The van der Waals surface area contributed by atoms with Crippen molar-refractivity contribution in [2.24, 2.45) is 0 Å². The minimum absolute atomic E-state index is 0.113. The summed E-state index contributed by atoms with van der Waals surface area (Å²) in [5, 5.41) is 0. The average Bonchev–Trinajstić information content (AvgIpc) is 2.33. The molecule has 0 aliphatic heterocycles. The van der Waals surface area contributed by atoms with E-state index in [0.29, 0.717) is 6.61 Å². The Morgan fingerprint density at radius 2 is 1.94 bits per heavy atom. The summed E-state index contributed by atoms with van der Waals surface area (Å²) >= 11 is 0. The first-order valence-electron chi connectivity index (χ1n) is 6.33. The van der Waals surface area contributed by atoms with Gasteiger partial charge in [0.15, 0.2) is 0 Å². The normalized spacial score (nSPS) is 12.4. The highest BCUT2D eigenvalue weighted by Gasteiger charge is 2.11. The molecule has 1 atom stereocenters. The molecule has 0 spiro atoms. The predicted molar refractivity (Wildman–Crippen MR) is 81.1 cm³/mol. The Kier molecular flexibility index (Phi) is 5.90. The smallest absolute Gasteiger partial charge is 0.142 e. The topological polar surface area (TPSA) is 9.23 Å². The van der Waals surface area contributed by atoms with Gasteiger partial charge in [0.1, 0.15) is 14.2 Å². The number of benzene rings is 1. The van der Waals surface area contributed by atoms with Crippen LogP contribution in [0.1, 0.15) is 18.1 Å². The summed E-state index contributed by atoms with van der Waals surface area (Å²) in [7, 11) is -1.36. The second-order valence-corrected chi connectivity index (χ2v) is 10.0. The van der Waals surface area contributed by atoms with Crippen LogP contribution in [0.15, 0.2) is 43.0 Å². The van der Waals surface area contributed by atoms with Crippen molar-refractivity contribution in [3.63, 3.8) is 0 Å². The summed E-state index contributed by atoms with van der Waals surface area (Å²) < 4.78 is 5.84. The van der Waals surface area contributed by atoms with Crippen LogP contribution < -0.4 is 0 Å². The van der Waals surface area contributed by atoms with Crippen molar-refractivity contribution in [1.29, 1.82) is 0 Å². The third-order valence-corrected chi connectivity index (χ3v) is 3.18. The zero-order chi connectivity index (χ0) is 13.4.